The maximum Gasteiger partial charge on any atom is 0.274 e. The predicted octanol–water partition coefficient (Wildman–Crippen LogP) is 3.88. The second kappa shape index (κ2) is 6.91. The van der Waals surface area contributed by atoms with E-state index < -0.39 is 0 Å². The molecule has 3 aromatic rings. The Morgan fingerprint density at radius 1 is 1.23 bits per heavy atom. The fourth-order valence-electron chi connectivity index (χ4n) is 1.96. The van der Waals surface area contributed by atoms with E-state index in [1.165, 1.54) is 11.8 Å². The van der Waals surface area contributed by atoms with Crippen molar-refractivity contribution in [3.05, 3.63) is 59.7 Å². The molecule has 22 heavy (non-hydrogen) atoms. The second-order valence-corrected chi connectivity index (χ2v) is 6.82. The van der Waals surface area contributed by atoms with Crippen molar-refractivity contribution in [1.29, 1.82) is 0 Å². The third kappa shape index (κ3) is 3.47. The van der Waals surface area contributed by atoms with Crippen LogP contribution in [0.1, 0.15) is 15.9 Å². The first-order chi connectivity index (χ1) is 10.8. The molecule has 0 aliphatic heterocycles. The lowest BCUT2D eigenvalue weighted by Gasteiger charge is -2.03. The van der Waals surface area contributed by atoms with Gasteiger partial charge in [0.15, 0.2) is 4.34 Å². The van der Waals surface area contributed by atoms with Crippen molar-refractivity contribution in [2.75, 3.05) is 7.11 Å². The average Bonchev–Trinajstić information content (AvgIpc) is 2.96. The van der Waals surface area contributed by atoms with Crippen molar-refractivity contribution in [2.45, 2.75) is 10.1 Å². The number of nitrogens with zero attached hydrogens (tertiary/aromatic N) is 1. The number of hydrogen-bond donors (Lipinski definition) is 1. The van der Waals surface area contributed by atoms with Gasteiger partial charge in [-0.25, -0.2) is 10.5 Å². The summed E-state index contributed by atoms with van der Waals surface area (Å²) in [5.74, 6) is 0.583. The fraction of sp³-hybridized carbons (Fsp3) is 0.125. The molecule has 0 saturated heterocycles. The van der Waals surface area contributed by atoms with E-state index in [0.29, 0.717) is 5.56 Å². The molecular formula is C16H14N2O2S2. The highest BCUT2D eigenvalue weighted by Crippen LogP contribution is 2.31. The van der Waals surface area contributed by atoms with E-state index in [4.69, 9.17) is 0 Å². The number of hydrogen-bond acceptors (Lipinski definition) is 5. The van der Waals surface area contributed by atoms with Gasteiger partial charge in [-0.15, -0.1) is 11.3 Å². The lowest BCUT2D eigenvalue weighted by atomic mass is 10.1. The number of benzene rings is 2. The molecule has 0 fully saturated rings. The van der Waals surface area contributed by atoms with E-state index in [0.717, 1.165) is 21.2 Å². The molecule has 0 aliphatic carbocycles. The van der Waals surface area contributed by atoms with E-state index in [1.54, 1.807) is 35.2 Å². The van der Waals surface area contributed by atoms with Gasteiger partial charge < -0.3 is 0 Å². The summed E-state index contributed by atoms with van der Waals surface area (Å²) >= 11 is 3.41. The van der Waals surface area contributed by atoms with Crippen LogP contribution in [0.2, 0.25) is 0 Å². The van der Waals surface area contributed by atoms with Gasteiger partial charge in [-0.1, -0.05) is 36.0 Å². The summed E-state index contributed by atoms with van der Waals surface area (Å²) in [5, 5.41) is 0. The topological polar surface area (TPSA) is 51.2 Å². The predicted molar refractivity (Wildman–Crippen MR) is 90.1 cm³/mol. The lowest BCUT2D eigenvalue weighted by Crippen LogP contribution is -2.21. The molecular weight excluding hydrogens is 316 g/mol. The van der Waals surface area contributed by atoms with Crippen LogP contribution in [0.5, 0.6) is 0 Å². The highest BCUT2D eigenvalue weighted by molar-refractivity contribution is 8.00. The average molecular weight is 330 g/mol. The van der Waals surface area contributed by atoms with E-state index in [2.05, 4.69) is 21.4 Å². The highest BCUT2D eigenvalue weighted by atomic mass is 32.2. The van der Waals surface area contributed by atoms with Crippen LogP contribution in [0.15, 0.2) is 52.9 Å². The third-order valence-corrected chi connectivity index (χ3v) is 5.30. The minimum absolute atomic E-state index is 0.243. The smallest absolute Gasteiger partial charge is 0.274 e. The van der Waals surface area contributed by atoms with E-state index >= 15 is 0 Å². The molecule has 1 N–H and O–H groups in total. The van der Waals surface area contributed by atoms with E-state index in [1.807, 2.05) is 30.3 Å². The number of aromatic nitrogens is 1. The summed E-state index contributed by atoms with van der Waals surface area (Å²) in [4.78, 5) is 20.8. The maximum atomic E-state index is 11.6. The summed E-state index contributed by atoms with van der Waals surface area (Å²) in [5.41, 5.74) is 5.08. The number of nitrogens with one attached hydrogen (secondary N) is 1. The Balaban J connectivity index is 1.64. The van der Waals surface area contributed by atoms with Crippen LogP contribution in [0, 0.1) is 0 Å². The molecule has 4 nitrogen and oxygen atoms in total. The van der Waals surface area contributed by atoms with Gasteiger partial charge in [-0.2, -0.15) is 0 Å². The standard InChI is InChI=1S/C16H14N2O2S2/c1-20-18-15(19)12-8-6-11(7-9-12)10-21-16-17-13-4-2-3-5-14(13)22-16/h2-9H,10H2,1H3,(H,18,19). The van der Waals surface area contributed by atoms with Gasteiger partial charge in [-0.3, -0.25) is 9.63 Å². The number of carbonyl (C=O) groups is 1. The number of hydroxylamine groups is 1. The van der Waals surface area contributed by atoms with Crippen LogP contribution in [0.3, 0.4) is 0 Å². The van der Waals surface area contributed by atoms with Gasteiger partial charge in [0.2, 0.25) is 0 Å². The van der Waals surface area contributed by atoms with Crippen LogP contribution in [-0.4, -0.2) is 18.0 Å². The SMILES string of the molecule is CONC(=O)c1ccc(CSc2nc3ccccc3s2)cc1. The number of carbonyl (C=O) groups excluding carboxylic acids is 1. The van der Waals surface area contributed by atoms with E-state index in [9.17, 15) is 4.79 Å². The Bertz CT molecular complexity index is 751. The first-order valence-corrected chi connectivity index (χ1v) is 8.47. The molecule has 1 aromatic heterocycles. The molecule has 1 amide bonds. The quantitative estimate of drug-likeness (QED) is 0.570. The normalized spacial score (nSPS) is 10.8. The molecule has 0 bridgehead atoms. The van der Waals surface area contributed by atoms with Crippen LogP contribution in [-0.2, 0) is 10.6 Å². The Hall–Kier alpha value is -1.89. The summed E-state index contributed by atoms with van der Waals surface area (Å²) in [6, 6.07) is 15.6. The molecule has 6 heteroatoms. The number of fused-ring (bicyclic) bond motifs is 1. The largest absolute Gasteiger partial charge is 0.277 e. The molecule has 3 rings (SSSR count). The molecule has 1 heterocycles. The first-order valence-electron chi connectivity index (χ1n) is 6.67. The number of para-hydroxylation sites is 1. The third-order valence-electron chi connectivity index (χ3n) is 3.05. The number of thioether (sulfide) groups is 1. The molecule has 0 spiro atoms. The molecule has 0 aliphatic rings. The zero-order chi connectivity index (χ0) is 15.4. The molecule has 2 aromatic carbocycles. The Kier molecular flexibility index (Phi) is 4.72. The Morgan fingerprint density at radius 2 is 2.00 bits per heavy atom. The van der Waals surface area contributed by atoms with Crippen molar-refractivity contribution < 1.29 is 9.63 Å². The van der Waals surface area contributed by atoms with Crippen LogP contribution >= 0.6 is 23.1 Å². The molecule has 0 saturated carbocycles. The van der Waals surface area contributed by atoms with Gasteiger partial charge in [0, 0.05) is 11.3 Å². The Labute approximate surface area is 136 Å². The highest BCUT2D eigenvalue weighted by Gasteiger charge is 2.06. The number of amides is 1. The first kappa shape index (κ1) is 15.0. The van der Waals surface area contributed by atoms with Crippen molar-refractivity contribution >= 4 is 39.2 Å². The van der Waals surface area contributed by atoms with Gasteiger partial charge in [0.25, 0.3) is 5.91 Å². The molecule has 0 unspecified atom stereocenters. The zero-order valence-corrected chi connectivity index (χ0v) is 13.5. The second-order valence-electron chi connectivity index (χ2n) is 4.57. The van der Waals surface area contributed by atoms with Gasteiger partial charge >= 0.3 is 0 Å². The van der Waals surface area contributed by atoms with Crippen molar-refractivity contribution in [3.63, 3.8) is 0 Å². The van der Waals surface area contributed by atoms with Crippen molar-refractivity contribution in [1.82, 2.24) is 10.5 Å². The summed E-state index contributed by atoms with van der Waals surface area (Å²) in [6.45, 7) is 0. The maximum absolute atomic E-state index is 11.6. The van der Waals surface area contributed by atoms with Crippen LogP contribution in [0.25, 0.3) is 10.2 Å². The van der Waals surface area contributed by atoms with E-state index in [-0.39, 0.29) is 5.91 Å². The van der Waals surface area contributed by atoms with Gasteiger partial charge in [0.05, 0.1) is 17.3 Å². The van der Waals surface area contributed by atoms with Crippen molar-refractivity contribution in [2.24, 2.45) is 0 Å². The fourth-order valence-corrected chi connectivity index (χ4v) is 3.99. The summed E-state index contributed by atoms with van der Waals surface area (Å²) < 4.78 is 2.26. The number of rotatable bonds is 5. The monoisotopic (exact) mass is 330 g/mol. The minimum atomic E-state index is -0.243. The van der Waals surface area contributed by atoms with Crippen LogP contribution in [0.4, 0.5) is 0 Å². The lowest BCUT2D eigenvalue weighted by molar-refractivity contribution is 0.0537. The minimum Gasteiger partial charge on any atom is -0.277 e. The zero-order valence-electron chi connectivity index (χ0n) is 11.9. The summed E-state index contributed by atoms with van der Waals surface area (Å²) in [7, 11) is 1.42. The Morgan fingerprint density at radius 3 is 2.73 bits per heavy atom. The molecule has 112 valence electrons. The van der Waals surface area contributed by atoms with Crippen LogP contribution < -0.4 is 5.48 Å². The van der Waals surface area contributed by atoms with Gasteiger partial charge in [0.1, 0.15) is 0 Å². The molecule has 0 radical (unpaired) electrons. The summed E-state index contributed by atoms with van der Waals surface area (Å²) in [6.07, 6.45) is 0. The van der Waals surface area contributed by atoms with Gasteiger partial charge in [-0.05, 0) is 29.8 Å². The van der Waals surface area contributed by atoms with Crippen molar-refractivity contribution in [3.8, 4) is 0 Å². The number of thiazole rings is 1. The molecule has 0 atom stereocenters.